The number of hydrogen-bond donors (Lipinski definition) is 0. The van der Waals surface area contributed by atoms with E-state index in [1.807, 2.05) is 0 Å². The van der Waals surface area contributed by atoms with Gasteiger partial charge < -0.3 is 4.74 Å². The highest BCUT2D eigenvalue weighted by atomic mass is 16.6. The Morgan fingerprint density at radius 2 is 1.67 bits per heavy atom. The molecule has 2 heteroatoms. The molecule has 4 fully saturated rings. The van der Waals surface area contributed by atoms with E-state index < -0.39 is 0 Å². The largest absolute Gasteiger partial charge is 0.459 e. The fraction of sp³-hybridized carbons (Fsp3) is 0.947. The van der Waals surface area contributed by atoms with Gasteiger partial charge in [0.2, 0.25) is 0 Å². The Bertz CT molecular complexity index is 404. The molecule has 0 saturated heterocycles. The van der Waals surface area contributed by atoms with Gasteiger partial charge in [-0.15, -0.1) is 0 Å². The highest BCUT2D eigenvalue weighted by Crippen LogP contribution is 2.70. The van der Waals surface area contributed by atoms with E-state index in [0.29, 0.717) is 5.92 Å². The van der Waals surface area contributed by atoms with Gasteiger partial charge in [0.25, 0.3) is 0 Å². The van der Waals surface area contributed by atoms with Gasteiger partial charge in [-0.3, -0.25) is 4.79 Å². The van der Waals surface area contributed by atoms with E-state index >= 15 is 0 Å². The molecule has 0 aromatic heterocycles. The first kappa shape index (κ1) is 15.4. The van der Waals surface area contributed by atoms with Gasteiger partial charge in [-0.05, 0) is 68.1 Å². The van der Waals surface area contributed by atoms with Crippen LogP contribution in [0, 0.1) is 35.5 Å². The number of ether oxygens (including phenoxy) is 1. The summed E-state index contributed by atoms with van der Waals surface area (Å²) in [5, 5.41) is 0. The molecule has 4 saturated carbocycles. The molecule has 0 amide bonds. The summed E-state index contributed by atoms with van der Waals surface area (Å²) in [6.45, 7) is 8.05. The number of rotatable bonds is 2. The first-order chi connectivity index (χ1) is 10.1. The quantitative estimate of drug-likeness (QED) is 0.539. The van der Waals surface area contributed by atoms with Crippen molar-refractivity contribution in [2.45, 2.75) is 78.2 Å². The van der Waals surface area contributed by atoms with E-state index in [0.717, 1.165) is 42.4 Å². The first-order valence-corrected chi connectivity index (χ1v) is 9.25. The Kier molecular flexibility index (Phi) is 4.09. The van der Waals surface area contributed by atoms with Crippen LogP contribution < -0.4 is 0 Å². The van der Waals surface area contributed by atoms with Crippen molar-refractivity contribution >= 4 is 5.97 Å². The summed E-state index contributed by atoms with van der Waals surface area (Å²) in [4.78, 5) is 11.5. The van der Waals surface area contributed by atoms with Crippen LogP contribution in [0.5, 0.6) is 0 Å². The molecule has 4 bridgehead atoms. The van der Waals surface area contributed by atoms with Crippen LogP contribution >= 0.6 is 0 Å². The summed E-state index contributed by atoms with van der Waals surface area (Å²) < 4.78 is 5.86. The summed E-state index contributed by atoms with van der Waals surface area (Å²) in [5.41, 5.74) is -0.0812. The molecule has 21 heavy (non-hydrogen) atoms. The fourth-order valence-electron chi connectivity index (χ4n) is 6.58. The SMILES string of the molecule is CCC.CCC1(OC(C)=O)CC2CC1C1C3CCC(C3)C21. The van der Waals surface area contributed by atoms with E-state index in [1.165, 1.54) is 32.1 Å². The molecule has 4 aliphatic carbocycles. The van der Waals surface area contributed by atoms with E-state index in [-0.39, 0.29) is 11.6 Å². The van der Waals surface area contributed by atoms with Crippen molar-refractivity contribution in [1.29, 1.82) is 0 Å². The lowest BCUT2D eigenvalue weighted by atomic mass is 9.65. The van der Waals surface area contributed by atoms with Crippen LogP contribution in [0.1, 0.15) is 72.6 Å². The summed E-state index contributed by atoms with van der Waals surface area (Å²) in [7, 11) is 0. The third-order valence-electron chi connectivity index (χ3n) is 6.84. The Labute approximate surface area is 130 Å². The molecular formula is C19H32O2. The van der Waals surface area contributed by atoms with Crippen LogP contribution in [-0.4, -0.2) is 11.6 Å². The molecule has 7 unspecified atom stereocenters. The Morgan fingerprint density at radius 3 is 2.24 bits per heavy atom. The monoisotopic (exact) mass is 292 g/mol. The van der Waals surface area contributed by atoms with Crippen LogP contribution in [0.2, 0.25) is 0 Å². The average molecular weight is 292 g/mol. The average Bonchev–Trinajstić information content (AvgIpc) is 3.16. The molecule has 0 aliphatic heterocycles. The van der Waals surface area contributed by atoms with Crippen molar-refractivity contribution in [2.24, 2.45) is 35.5 Å². The molecule has 0 heterocycles. The third-order valence-corrected chi connectivity index (χ3v) is 6.84. The molecule has 120 valence electrons. The van der Waals surface area contributed by atoms with E-state index in [9.17, 15) is 4.79 Å². The van der Waals surface area contributed by atoms with Crippen molar-refractivity contribution in [2.75, 3.05) is 0 Å². The zero-order valence-corrected chi connectivity index (χ0v) is 14.2. The van der Waals surface area contributed by atoms with Gasteiger partial charge >= 0.3 is 5.97 Å². The zero-order chi connectivity index (χ0) is 15.2. The Hall–Kier alpha value is -0.530. The topological polar surface area (TPSA) is 26.3 Å². The van der Waals surface area contributed by atoms with Gasteiger partial charge in [-0.1, -0.05) is 27.2 Å². The molecule has 2 nitrogen and oxygen atoms in total. The third kappa shape index (κ3) is 2.24. The predicted molar refractivity (Wildman–Crippen MR) is 84.8 cm³/mol. The standard InChI is InChI=1S/C16H24O2.C3H8/c1-3-16(18-9(2)17)8-12-7-13(16)15-11-5-4-10(6-11)14(12)15;1-3-2/h10-15H,3-8H2,1-2H3;3H2,1-2H3. The molecule has 7 atom stereocenters. The molecule has 4 aliphatic rings. The lowest BCUT2D eigenvalue weighted by Gasteiger charge is -2.45. The van der Waals surface area contributed by atoms with Crippen LogP contribution in [-0.2, 0) is 9.53 Å². The number of carbonyl (C=O) groups is 1. The fourth-order valence-corrected chi connectivity index (χ4v) is 6.58. The maximum absolute atomic E-state index is 11.5. The maximum Gasteiger partial charge on any atom is 0.303 e. The molecule has 0 aromatic rings. The molecule has 0 spiro atoms. The van der Waals surface area contributed by atoms with Gasteiger partial charge in [-0.25, -0.2) is 0 Å². The lowest BCUT2D eigenvalue weighted by Crippen LogP contribution is -2.47. The smallest absolute Gasteiger partial charge is 0.303 e. The van der Waals surface area contributed by atoms with Crippen LogP contribution in [0.4, 0.5) is 0 Å². The van der Waals surface area contributed by atoms with Crippen LogP contribution in [0.3, 0.4) is 0 Å². The first-order valence-electron chi connectivity index (χ1n) is 9.25. The highest BCUT2D eigenvalue weighted by Gasteiger charge is 2.67. The second-order valence-corrected chi connectivity index (χ2v) is 8.01. The predicted octanol–water partition coefficient (Wildman–Crippen LogP) is 4.82. The maximum atomic E-state index is 11.5. The van der Waals surface area contributed by atoms with Gasteiger partial charge in [0.05, 0.1) is 0 Å². The van der Waals surface area contributed by atoms with Gasteiger partial charge in [0.1, 0.15) is 5.60 Å². The van der Waals surface area contributed by atoms with Gasteiger partial charge in [0, 0.05) is 12.8 Å². The van der Waals surface area contributed by atoms with Crippen molar-refractivity contribution in [1.82, 2.24) is 0 Å². The minimum absolute atomic E-state index is 0.0656. The summed E-state index contributed by atoms with van der Waals surface area (Å²) in [5.74, 6) is 5.40. The number of hydrogen-bond acceptors (Lipinski definition) is 2. The van der Waals surface area contributed by atoms with Crippen LogP contribution in [0.15, 0.2) is 0 Å². The van der Waals surface area contributed by atoms with E-state index in [2.05, 4.69) is 20.8 Å². The van der Waals surface area contributed by atoms with Crippen LogP contribution in [0.25, 0.3) is 0 Å². The molecule has 4 rings (SSSR count). The second kappa shape index (κ2) is 5.59. The van der Waals surface area contributed by atoms with Gasteiger partial charge in [0.15, 0.2) is 0 Å². The highest BCUT2D eigenvalue weighted by molar-refractivity contribution is 5.66. The molecule has 0 aromatic carbocycles. The minimum atomic E-state index is -0.0812. The Balaban J connectivity index is 0.000000409. The summed E-state index contributed by atoms with van der Waals surface area (Å²) in [6.07, 6.45) is 9.22. The van der Waals surface area contributed by atoms with Crippen molar-refractivity contribution in [3.8, 4) is 0 Å². The van der Waals surface area contributed by atoms with Crippen molar-refractivity contribution in [3.63, 3.8) is 0 Å². The normalized spacial score (nSPS) is 48.8. The lowest BCUT2D eigenvalue weighted by molar-refractivity contribution is -0.169. The molecule has 0 N–H and O–H groups in total. The van der Waals surface area contributed by atoms with Gasteiger partial charge in [-0.2, -0.15) is 0 Å². The second-order valence-electron chi connectivity index (χ2n) is 8.01. The number of fused-ring (bicyclic) bond motifs is 9. The zero-order valence-electron chi connectivity index (χ0n) is 14.2. The van der Waals surface area contributed by atoms with Crippen molar-refractivity contribution < 1.29 is 9.53 Å². The van der Waals surface area contributed by atoms with E-state index in [1.54, 1.807) is 6.92 Å². The van der Waals surface area contributed by atoms with E-state index in [4.69, 9.17) is 4.74 Å². The number of esters is 1. The summed E-state index contributed by atoms with van der Waals surface area (Å²) >= 11 is 0. The van der Waals surface area contributed by atoms with Crippen molar-refractivity contribution in [3.05, 3.63) is 0 Å². The molecule has 0 radical (unpaired) electrons. The minimum Gasteiger partial charge on any atom is -0.459 e. The summed E-state index contributed by atoms with van der Waals surface area (Å²) in [6, 6.07) is 0. The Morgan fingerprint density at radius 1 is 1.05 bits per heavy atom. The number of carbonyl (C=O) groups excluding carboxylic acids is 1. The molecular weight excluding hydrogens is 260 g/mol.